The smallest absolute Gasteiger partial charge is 0.258 e. The Bertz CT molecular complexity index is 1040. The zero-order valence-corrected chi connectivity index (χ0v) is 14.5. The Hall–Kier alpha value is -3.08. The molecule has 0 atom stereocenters. The van der Waals surface area contributed by atoms with Crippen LogP contribution in [-0.2, 0) is 17.8 Å². The number of ketones is 1. The summed E-state index contributed by atoms with van der Waals surface area (Å²) >= 11 is 0. The van der Waals surface area contributed by atoms with Crippen molar-refractivity contribution in [3.63, 3.8) is 0 Å². The van der Waals surface area contributed by atoms with Gasteiger partial charge < -0.3 is 18.8 Å². The predicted octanol–water partition coefficient (Wildman–Crippen LogP) is 3.30. The van der Waals surface area contributed by atoms with Gasteiger partial charge in [0, 0.05) is 12.6 Å². The molecule has 4 rings (SSSR count). The van der Waals surface area contributed by atoms with Gasteiger partial charge in [-0.3, -0.25) is 4.79 Å². The number of aryl methyl sites for hydroxylation is 1. The van der Waals surface area contributed by atoms with E-state index < -0.39 is 0 Å². The largest absolute Gasteiger partial charge is 0.454 e. The van der Waals surface area contributed by atoms with Crippen molar-refractivity contribution >= 4 is 16.6 Å². The topological polar surface area (TPSA) is 57.5 Å². The van der Waals surface area contributed by atoms with Crippen molar-refractivity contribution < 1.29 is 14.3 Å². The number of rotatable bonds is 5. The summed E-state index contributed by atoms with van der Waals surface area (Å²) in [5, 5.41) is 1.41. The molecule has 0 amide bonds. The predicted molar refractivity (Wildman–Crippen MR) is 98.9 cm³/mol. The molecule has 0 radical (unpaired) electrons. The molecule has 2 heterocycles. The van der Waals surface area contributed by atoms with Gasteiger partial charge in [-0.15, -0.1) is 0 Å². The summed E-state index contributed by atoms with van der Waals surface area (Å²) in [5.41, 5.74) is 1.94. The summed E-state index contributed by atoms with van der Waals surface area (Å²) < 4.78 is 12.6. The molecule has 2 aromatic carbocycles. The first-order chi connectivity index (χ1) is 12.6. The number of benzene rings is 2. The first kappa shape index (κ1) is 16.4. The van der Waals surface area contributed by atoms with E-state index in [-0.39, 0.29) is 18.1 Å². The van der Waals surface area contributed by atoms with E-state index in [1.807, 2.05) is 42.6 Å². The third-order valence-electron chi connectivity index (χ3n) is 4.60. The number of pyridine rings is 1. The molecule has 0 saturated heterocycles. The van der Waals surface area contributed by atoms with Crippen molar-refractivity contribution in [1.29, 1.82) is 0 Å². The Kier molecular flexibility index (Phi) is 4.21. The van der Waals surface area contributed by atoms with Crippen LogP contribution in [0.1, 0.15) is 24.5 Å². The SMILES string of the molecule is CC(=O)CCc1cn(Cc2ccccc2)c(=O)c2cc3c(cc12)OCO3. The van der Waals surface area contributed by atoms with Crippen LogP contribution in [0.2, 0.25) is 0 Å². The van der Waals surface area contributed by atoms with Gasteiger partial charge in [-0.2, -0.15) is 0 Å². The maximum absolute atomic E-state index is 13.0. The standard InChI is InChI=1S/C21H19NO4/c1-14(23)7-8-16-12-22(11-15-5-3-2-4-6-15)21(24)18-10-20-19(9-17(16)18)25-13-26-20/h2-6,9-10,12H,7-8,11,13H2,1H3. The molecule has 0 saturated carbocycles. The van der Waals surface area contributed by atoms with Gasteiger partial charge in [0.15, 0.2) is 11.5 Å². The summed E-state index contributed by atoms with van der Waals surface area (Å²) in [5.74, 6) is 1.35. The summed E-state index contributed by atoms with van der Waals surface area (Å²) in [7, 11) is 0. The average molecular weight is 349 g/mol. The second kappa shape index (κ2) is 6.67. The molecule has 1 aliphatic heterocycles. The lowest BCUT2D eigenvalue weighted by Crippen LogP contribution is -2.21. The number of fused-ring (bicyclic) bond motifs is 2. The molecule has 1 aliphatic rings. The van der Waals surface area contributed by atoms with E-state index in [4.69, 9.17) is 9.47 Å². The summed E-state index contributed by atoms with van der Waals surface area (Å²) in [4.78, 5) is 24.5. The van der Waals surface area contributed by atoms with Crippen molar-refractivity contribution in [3.05, 3.63) is 70.1 Å². The van der Waals surface area contributed by atoms with Gasteiger partial charge in [0.2, 0.25) is 6.79 Å². The molecule has 26 heavy (non-hydrogen) atoms. The number of carbonyl (C=O) groups is 1. The van der Waals surface area contributed by atoms with Crippen LogP contribution in [0.15, 0.2) is 53.5 Å². The summed E-state index contributed by atoms with van der Waals surface area (Å²) in [6.45, 7) is 2.22. The Morgan fingerprint density at radius 2 is 1.77 bits per heavy atom. The summed E-state index contributed by atoms with van der Waals surface area (Å²) in [6.07, 6.45) is 2.89. The lowest BCUT2D eigenvalue weighted by Gasteiger charge is -2.13. The normalized spacial score (nSPS) is 12.5. The number of ether oxygens (including phenoxy) is 2. The second-order valence-corrected chi connectivity index (χ2v) is 6.53. The highest BCUT2D eigenvalue weighted by atomic mass is 16.7. The van der Waals surface area contributed by atoms with Gasteiger partial charge in [-0.1, -0.05) is 30.3 Å². The molecule has 0 bridgehead atoms. The van der Waals surface area contributed by atoms with E-state index in [0.717, 1.165) is 16.5 Å². The second-order valence-electron chi connectivity index (χ2n) is 6.53. The van der Waals surface area contributed by atoms with Crippen LogP contribution in [0.5, 0.6) is 11.5 Å². The van der Waals surface area contributed by atoms with Crippen LogP contribution >= 0.6 is 0 Å². The summed E-state index contributed by atoms with van der Waals surface area (Å²) in [6, 6.07) is 13.4. The third kappa shape index (κ3) is 3.08. The van der Waals surface area contributed by atoms with Crippen molar-refractivity contribution in [2.45, 2.75) is 26.3 Å². The van der Waals surface area contributed by atoms with E-state index in [1.165, 1.54) is 0 Å². The van der Waals surface area contributed by atoms with Gasteiger partial charge in [0.1, 0.15) is 5.78 Å². The molecule has 5 nitrogen and oxygen atoms in total. The molecule has 1 aromatic heterocycles. The highest BCUT2D eigenvalue weighted by molar-refractivity contribution is 5.89. The minimum absolute atomic E-state index is 0.0753. The van der Waals surface area contributed by atoms with E-state index in [9.17, 15) is 9.59 Å². The number of aromatic nitrogens is 1. The molecular formula is C21H19NO4. The van der Waals surface area contributed by atoms with E-state index in [1.54, 1.807) is 17.6 Å². The van der Waals surface area contributed by atoms with Gasteiger partial charge in [0.05, 0.1) is 11.9 Å². The zero-order valence-electron chi connectivity index (χ0n) is 14.5. The van der Waals surface area contributed by atoms with Gasteiger partial charge in [-0.05, 0) is 42.0 Å². The Labute approximate surface area is 150 Å². The Morgan fingerprint density at radius 3 is 2.46 bits per heavy atom. The molecular weight excluding hydrogens is 330 g/mol. The fourth-order valence-electron chi connectivity index (χ4n) is 3.26. The average Bonchev–Trinajstić information content (AvgIpc) is 3.10. The van der Waals surface area contributed by atoms with Crippen molar-refractivity contribution in [1.82, 2.24) is 4.57 Å². The Morgan fingerprint density at radius 1 is 1.08 bits per heavy atom. The van der Waals surface area contributed by atoms with Crippen LogP contribution in [0, 0.1) is 0 Å². The highest BCUT2D eigenvalue weighted by Gasteiger charge is 2.18. The monoisotopic (exact) mass is 349 g/mol. The van der Waals surface area contributed by atoms with E-state index >= 15 is 0 Å². The number of carbonyl (C=O) groups excluding carboxylic acids is 1. The number of hydrogen-bond acceptors (Lipinski definition) is 4. The quantitative estimate of drug-likeness (QED) is 0.709. The van der Waals surface area contributed by atoms with E-state index in [0.29, 0.717) is 36.3 Å². The molecule has 0 N–H and O–H groups in total. The molecule has 0 spiro atoms. The van der Waals surface area contributed by atoms with Crippen molar-refractivity contribution in [3.8, 4) is 11.5 Å². The molecule has 132 valence electrons. The molecule has 3 aromatic rings. The zero-order chi connectivity index (χ0) is 18.1. The van der Waals surface area contributed by atoms with Crippen LogP contribution in [0.4, 0.5) is 0 Å². The van der Waals surface area contributed by atoms with Crippen LogP contribution < -0.4 is 15.0 Å². The van der Waals surface area contributed by atoms with Gasteiger partial charge >= 0.3 is 0 Å². The fourth-order valence-corrected chi connectivity index (χ4v) is 3.26. The lowest BCUT2D eigenvalue weighted by molar-refractivity contribution is -0.116. The van der Waals surface area contributed by atoms with Crippen LogP contribution in [-0.4, -0.2) is 17.1 Å². The van der Waals surface area contributed by atoms with Crippen molar-refractivity contribution in [2.24, 2.45) is 0 Å². The molecule has 0 aliphatic carbocycles. The lowest BCUT2D eigenvalue weighted by atomic mass is 10.0. The first-order valence-corrected chi connectivity index (χ1v) is 8.61. The molecule has 0 unspecified atom stereocenters. The van der Waals surface area contributed by atoms with Crippen LogP contribution in [0.3, 0.4) is 0 Å². The fraction of sp³-hybridized carbons (Fsp3) is 0.238. The van der Waals surface area contributed by atoms with E-state index in [2.05, 4.69) is 0 Å². The van der Waals surface area contributed by atoms with Crippen molar-refractivity contribution in [2.75, 3.05) is 6.79 Å². The molecule has 5 heteroatoms. The maximum atomic E-state index is 13.0. The minimum Gasteiger partial charge on any atom is -0.454 e. The number of nitrogens with zero attached hydrogens (tertiary/aromatic N) is 1. The van der Waals surface area contributed by atoms with Gasteiger partial charge in [0.25, 0.3) is 5.56 Å². The van der Waals surface area contributed by atoms with Crippen LogP contribution in [0.25, 0.3) is 10.8 Å². The maximum Gasteiger partial charge on any atom is 0.258 e. The minimum atomic E-state index is -0.0753. The number of Topliss-reactive ketones (excluding diaryl/α,β-unsaturated/α-hetero) is 1. The first-order valence-electron chi connectivity index (χ1n) is 8.61. The molecule has 0 fully saturated rings. The third-order valence-corrected chi connectivity index (χ3v) is 4.60. The number of hydrogen-bond donors (Lipinski definition) is 0. The highest BCUT2D eigenvalue weighted by Crippen LogP contribution is 2.36. The van der Waals surface area contributed by atoms with Gasteiger partial charge in [-0.25, -0.2) is 0 Å². The Balaban J connectivity index is 1.86.